The molecule has 3 saturated carbocycles. The Hall–Kier alpha value is -2.41. The number of ether oxygens (including phenoxy) is 2. The number of rotatable bonds is 2. The molecule has 9 atom stereocenters. The zero-order valence-electron chi connectivity index (χ0n) is 21.4. The Balaban J connectivity index is 1.72. The Morgan fingerprint density at radius 3 is 2.51 bits per heavy atom. The van der Waals surface area contributed by atoms with E-state index < -0.39 is 51.9 Å². The van der Waals surface area contributed by atoms with Crippen LogP contribution < -0.4 is 0 Å². The molecule has 3 aliphatic carbocycles. The molecule has 35 heavy (non-hydrogen) atoms. The third kappa shape index (κ3) is 3.23. The van der Waals surface area contributed by atoms with Gasteiger partial charge in [0.25, 0.3) is 0 Å². The van der Waals surface area contributed by atoms with Gasteiger partial charge in [0.2, 0.25) is 0 Å². The first-order chi connectivity index (χ1) is 16.2. The smallest absolute Gasteiger partial charge is 0.330 e. The maximum atomic E-state index is 13.8. The molecule has 0 bridgehead atoms. The third-order valence-corrected chi connectivity index (χ3v) is 10.1. The third-order valence-electron chi connectivity index (χ3n) is 10.1. The zero-order chi connectivity index (χ0) is 25.6. The first kappa shape index (κ1) is 24.3. The Bertz CT molecular complexity index is 1090. The molecule has 0 unspecified atom stereocenters. The lowest BCUT2D eigenvalue weighted by molar-refractivity contribution is -0.251. The van der Waals surface area contributed by atoms with Gasteiger partial charge >= 0.3 is 11.9 Å². The van der Waals surface area contributed by atoms with Crippen molar-refractivity contribution >= 4 is 17.7 Å². The van der Waals surface area contributed by atoms with Crippen molar-refractivity contribution in [1.82, 2.24) is 0 Å². The fraction of sp³-hybridized carbons (Fsp3) is 0.679. The average Bonchev–Trinajstić information content (AvgIpc) is 3.32. The van der Waals surface area contributed by atoms with E-state index >= 15 is 0 Å². The summed E-state index contributed by atoms with van der Waals surface area (Å²) >= 11 is 0. The van der Waals surface area contributed by atoms with Gasteiger partial charge in [-0.05, 0) is 49.1 Å². The molecule has 1 aliphatic heterocycles. The lowest BCUT2D eigenvalue weighted by atomic mass is 9.38. The molecule has 7 nitrogen and oxygen atoms in total. The van der Waals surface area contributed by atoms with Gasteiger partial charge in [-0.3, -0.25) is 9.59 Å². The normalized spacial score (nSPS) is 46.1. The standard InChI is InChI=1S/C28H36O7/c1-15(29)34-19-13-27(5)17(16-8-10-33-14-16)11-18(30)23(27)28(6)21(31)12-20-25(2,3)35-22(32)7-9-26(20,4)24(19)28/h7-10,14,17,19-21,23-24,31H,11-13H2,1-6H3/t17-,19+,20-,21+,23+,24+,26-,27-,28-/m0/s1. The number of carbonyl (C=O) groups excluding carboxylic acids is 3. The summed E-state index contributed by atoms with van der Waals surface area (Å²) in [4.78, 5) is 38.7. The topological polar surface area (TPSA) is 103 Å². The van der Waals surface area contributed by atoms with E-state index in [1.165, 1.54) is 13.0 Å². The van der Waals surface area contributed by atoms with E-state index in [4.69, 9.17) is 13.9 Å². The fourth-order valence-electron chi connectivity index (χ4n) is 9.15. The van der Waals surface area contributed by atoms with Crippen molar-refractivity contribution < 1.29 is 33.4 Å². The Morgan fingerprint density at radius 2 is 1.89 bits per heavy atom. The van der Waals surface area contributed by atoms with E-state index in [1.54, 1.807) is 12.5 Å². The molecule has 0 spiro atoms. The number of hydrogen-bond donors (Lipinski definition) is 1. The van der Waals surface area contributed by atoms with Crippen LogP contribution >= 0.6 is 0 Å². The number of aliphatic hydroxyl groups is 1. The number of furan rings is 1. The van der Waals surface area contributed by atoms with Gasteiger partial charge in [-0.15, -0.1) is 0 Å². The molecule has 0 amide bonds. The minimum atomic E-state index is -0.873. The van der Waals surface area contributed by atoms with E-state index in [1.807, 2.05) is 32.9 Å². The molecule has 1 N–H and O–H groups in total. The molecule has 1 aromatic heterocycles. The SMILES string of the molecule is CC(=O)O[C@@H]1C[C@]2(C)[C@@H](C(=O)C[C@H]2c2ccoc2)[C@]2(C)[C@H](O)C[C@H]3C(C)(C)OC(=O)C=C[C@]3(C)[C@@H]12. The van der Waals surface area contributed by atoms with Crippen LogP contribution in [0.15, 0.2) is 35.2 Å². The Labute approximate surface area is 206 Å². The van der Waals surface area contributed by atoms with E-state index in [-0.39, 0.29) is 23.5 Å². The second-order valence-electron chi connectivity index (χ2n) is 12.4. The second kappa shape index (κ2) is 7.55. The van der Waals surface area contributed by atoms with Crippen molar-refractivity contribution in [2.24, 2.45) is 34.0 Å². The number of fused-ring (bicyclic) bond motifs is 5. The van der Waals surface area contributed by atoms with Gasteiger partial charge in [0.05, 0.1) is 18.6 Å². The maximum Gasteiger partial charge on any atom is 0.330 e. The molecule has 7 heteroatoms. The number of ketones is 1. The van der Waals surface area contributed by atoms with E-state index in [9.17, 15) is 19.5 Å². The first-order valence-electron chi connectivity index (χ1n) is 12.6. The number of cyclic esters (lactones) is 1. The number of hydrogen-bond acceptors (Lipinski definition) is 7. The van der Waals surface area contributed by atoms with Crippen molar-refractivity contribution in [3.8, 4) is 0 Å². The van der Waals surface area contributed by atoms with Crippen LogP contribution in [0.25, 0.3) is 0 Å². The van der Waals surface area contributed by atoms with Crippen LogP contribution in [0.2, 0.25) is 0 Å². The monoisotopic (exact) mass is 484 g/mol. The summed E-state index contributed by atoms with van der Waals surface area (Å²) in [6.45, 7) is 11.3. The number of Topliss-reactive ketones (excluding diaryl/α,β-unsaturated/α-hetero) is 1. The molecule has 190 valence electrons. The summed E-state index contributed by atoms with van der Waals surface area (Å²) < 4.78 is 17.2. The zero-order valence-corrected chi connectivity index (χ0v) is 21.4. The van der Waals surface area contributed by atoms with Crippen molar-refractivity contribution in [2.75, 3.05) is 0 Å². The van der Waals surface area contributed by atoms with Gasteiger partial charge in [0.15, 0.2) is 0 Å². The van der Waals surface area contributed by atoms with E-state index in [0.29, 0.717) is 19.3 Å². The van der Waals surface area contributed by atoms with E-state index in [0.717, 1.165) is 5.56 Å². The summed E-state index contributed by atoms with van der Waals surface area (Å²) in [5.41, 5.74) is -1.96. The first-order valence-corrected chi connectivity index (χ1v) is 12.6. The molecular formula is C28H36O7. The van der Waals surface area contributed by atoms with Crippen LogP contribution in [0.5, 0.6) is 0 Å². The van der Waals surface area contributed by atoms with Gasteiger partial charge in [0, 0.05) is 48.5 Å². The quantitative estimate of drug-likeness (QED) is 0.628. The molecular weight excluding hydrogens is 448 g/mol. The summed E-state index contributed by atoms with van der Waals surface area (Å²) in [7, 11) is 0. The van der Waals surface area contributed by atoms with Crippen LogP contribution in [0.4, 0.5) is 0 Å². The van der Waals surface area contributed by atoms with Crippen molar-refractivity contribution in [1.29, 1.82) is 0 Å². The summed E-state index contributed by atoms with van der Waals surface area (Å²) in [5, 5.41) is 11.9. The van der Waals surface area contributed by atoms with Crippen LogP contribution in [-0.2, 0) is 23.9 Å². The fourth-order valence-corrected chi connectivity index (χ4v) is 9.15. The largest absolute Gasteiger partial charge is 0.472 e. The minimum absolute atomic E-state index is 0.0988. The minimum Gasteiger partial charge on any atom is -0.472 e. The van der Waals surface area contributed by atoms with Gasteiger partial charge in [-0.2, -0.15) is 0 Å². The molecule has 1 aromatic rings. The highest BCUT2D eigenvalue weighted by Gasteiger charge is 2.74. The maximum absolute atomic E-state index is 13.8. The van der Waals surface area contributed by atoms with Crippen molar-refractivity contribution in [2.45, 2.75) is 84.5 Å². The lowest BCUT2D eigenvalue weighted by Crippen LogP contribution is -2.70. The predicted molar refractivity (Wildman–Crippen MR) is 126 cm³/mol. The lowest BCUT2D eigenvalue weighted by Gasteiger charge is -2.67. The van der Waals surface area contributed by atoms with Crippen LogP contribution in [0.3, 0.4) is 0 Å². The molecule has 2 heterocycles. The second-order valence-corrected chi connectivity index (χ2v) is 12.4. The highest BCUT2D eigenvalue weighted by molar-refractivity contribution is 5.87. The van der Waals surface area contributed by atoms with Crippen molar-refractivity contribution in [3.05, 3.63) is 36.3 Å². The molecule has 0 radical (unpaired) electrons. The number of allylic oxidation sites excluding steroid dienone is 1. The predicted octanol–water partition coefficient (Wildman–Crippen LogP) is 4.20. The van der Waals surface area contributed by atoms with E-state index in [2.05, 4.69) is 13.8 Å². The number of esters is 2. The highest BCUT2D eigenvalue weighted by Crippen LogP contribution is 2.72. The summed E-state index contributed by atoms with van der Waals surface area (Å²) in [6, 6.07) is 1.90. The molecule has 4 aliphatic rings. The number of aliphatic hydroxyl groups excluding tert-OH is 1. The number of carbonyl (C=O) groups is 3. The molecule has 5 rings (SSSR count). The molecule has 0 saturated heterocycles. The molecule has 0 aromatic carbocycles. The average molecular weight is 485 g/mol. The molecule has 3 fully saturated rings. The van der Waals surface area contributed by atoms with Crippen molar-refractivity contribution in [3.63, 3.8) is 0 Å². The van der Waals surface area contributed by atoms with Gasteiger partial charge in [0.1, 0.15) is 17.5 Å². The van der Waals surface area contributed by atoms with Gasteiger partial charge < -0.3 is 19.0 Å². The summed E-state index contributed by atoms with van der Waals surface area (Å²) in [6.07, 6.45) is 6.47. The van der Waals surface area contributed by atoms with Crippen LogP contribution in [0, 0.1) is 34.0 Å². The van der Waals surface area contributed by atoms with Gasteiger partial charge in [-0.25, -0.2) is 4.79 Å². The Kier molecular flexibility index (Phi) is 5.24. The highest BCUT2D eigenvalue weighted by atomic mass is 16.6. The van der Waals surface area contributed by atoms with Gasteiger partial charge in [-0.1, -0.05) is 26.8 Å². The Morgan fingerprint density at radius 1 is 1.17 bits per heavy atom. The van der Waals surface area contributed by atoms with Crippen LogP contribution in [0.1, 0.15) is 72.3 Å². The van der Waals surface area contributed by atoms with Crippen LogP contribution in [-0.4, -0.2) is 40.6 Å². The summed E-state index contributed by atoms with van der Waals surface area (Å²) in [5.74, 6) is -1.85.